The maximum absolute atomic E-state index is 11.4. The average molecular weight is 474 g/mol. The largest absolute Gasteiger partial charge is 0.496 e. The minimum atomic E-state index is -0.505. The molecule has 0 N–H and O–H groups in total. The molecule has 3 heterocycles. The number of rotatable bonds is 9. The molecule has 3 aliphatic rings. The minimum Gasteiger partial charge on any atom is -0.496 e. The first-order chi connectivity index (χ1) is 15.9. The predicted molar refractivity (Wildman–Crippen MR) is 129 cm³/mol. The highest BCUT2D eigenvalue weighted by Gasteiger charge is 2.38. The SMILES string of the molecule is CCN(CC[N+]12CCN(CC1)CC2)c1ccc(N=Nc2ccc(OC)cc2[N+](=O)[O-])c(Cl)c1. The van der Waals surface area contributed by atoms with Gasteiger partial charge in [-0.3, -0.25) is 15.0 Å². The molecular weight excluding hydrogens is 444 g/mol. The second-order valence-corrected chi connectivity index (χ2v) is 9.01. The minimum absolute atomic E-state index is 0.145. The molecule has 3 aliphatic heterocycles. The summed E-state index contributed by atoms with van der Waals surface area (Å²) in [5.74, 6) is 0.389. The lowest BCUT2D eigenvalue weighted by molar-refractivity contribution is -0.939. The Kier molecular flexibility index (Phi) is 7.11. The van der Waals surface area contributed by atoms with Crippen molar-refractivity contribution in [3.8, 4) is 5.75 Å². The van der Waals surface area contributed by atoms with Crippen molar-refractivity contribution < 1.29 is 14.1 Å². The van der Waals surface area contributed by atoms with Crippen LogP contribution in [0, 0.1) is 10.1 Å². The van der Waals surface area contributed by atoms with Gasteiger partial charge in [0.15, 0.2) is 5.69 Å². The molecule has 10 heteroatoms. The Morgan fingerprint density at radius 1 is 1.12 bits per heavy atom. The van der Waals surface area contributed by atoms with Crippen LogP contribution >= 0.6 is 11.6 Å². The van der Waals surface area contributed by atoms with Gasteiger partial charge in [0.05, 0.1) is 55.8 Å². The van der Waals surface area contributed by atoms with Crippen molar-refractivity contribution >= 4 is 34.4 Å². The number of fused-ring (bicyclic) bond motifs is 3. The third-order valence-corrected chi connectivity index (χ3v) is 7.14. The van der Waals surface area contributed by atoms with Gasteiger partial charge in [0.1, 0.15) is 11.4 Å². The van der Waals surface area contributed by atoms with Gasteiger partial charge in [-0.1, -0.05) is 11.6 Å². The number of azo groups is 1. The maximum Gasteiger partial charge on any atom is 0.300 e. The Morgan fingerprint density at radius 2 is 1.79 bits per heavy atom. The highest BCUT2D eigenvalue weighted by molar-refractivity contribution is 6.33. The summed E-state index contributed by atoms with van der Waals surface area (Å²) < 4.78 is 6.27. The number of benzene rings is 2. The lowest BCUT2D eigenvalue weighted by atomic mass is 10.1. The van der Waals surface area contributed by atoms with E-state index in [0.717, 1.165) is 25.3 Å². The van der Waals surface area contributed by atoms with E-state index in [0.29, 0.717) is 16.5 Å². The summed E-state index contributed by atoms with van der Waals surface area (Å²) in [5, 5.41) is 20.1. The summed E-state index contributed by atoms with van der Waals surface area (Å²) in [6.07, 6.45) is 0. The first-order valence-electron chi connectivity index (χ1n) is 11.3. The van der Waals surface area contributed by atoms with E-state index in [1.807, 2.05) is 18.2 Å². The van der Waals surface area contributed by atoms with Crippen molar-refractivity contribution in [1.82, 2.24) is 4.90 Å². The van der Waals surface area contributed by atoms with E-state index in [1.54, 1.807) is 6.07 Å². The molecule has 3 saturated heterocycles. The van der Waals surface area contributed by atoms with Crippen LogP contribution in [0.1, 0.15) is 6.92 Å². The quantitative estimate of drug-likeness (QED) is 0.229. The number of halogens is 1. The van der Waals surface area contributed by atoms with E-state index in [1.165, 1.54) is 63.0 Å². The zero-order chi connectivity index (χ0) is 23.4. The van der Waals surface area contributed by atoms with Gasteiger partial charge >= 0.3 is 0 Å². The number of hydrogen-bond donors (Lipinski definition) is 0. The number of piperazine rings is 3. The van der Waals surface area contributed by atoms with Crippen LogP contribution in [0.15, 0.2) is 46.6 Å². The number of hydrogen-bond acceptors (Lipinski definition) is 7. The Balaban J connectivity index is 1.46. The lowest BCUT2D eigenvalue weighted by Crippen LogP contribution is -2.68. The molecule has 2 bridgehead atoms. The number of methoxy groups -OCH3 is 1. The summed E-state index contributed by atoms with van der Waals surface area (Å²) >= 11 is 6.51. The molecule has 0 unspecified atom stereocenters. The van der Waals surface area contributed by atoms with Gasteiger partial charge in [-0.15, -0.1) is 10.2 Å². The van der Waals surface area contributed by atoms with Gasteiger partial charge in [0.2, 0.25) is 0 Å². The Labute approximate surface area is 198 Å². The molecular formula is C23H30ClN6O3+. The molecule has 0 aliphatic carbocycles. The zero-order valence-corrected chi connectivity index (χ0v) is 19.9. The van der Waals surface area contributed by atoms with E-state index in [2.05, 4.69) is 27.0 Å². The number of quaternary nitrogens is 1. The van der Waals surface area contributed by atoms with Crippen molar-refractivity contribution in [1.29, 1.82) is 0 Å². The third kappa shape index (κ3) is 5.26. The normalized spacial score (nSPS) is 22.0. The zero-order valence-electron chi connectivity index (χ0n) is 19.1. The van der Waals surface area contributed by atoms with Crippen molar-refractivity contribution in [2.75, 3.05) is 70.9 Å². The summed E-state index contributed by atoms with van der Waals surface area (Å²) in [4.78, 5) is 15.8. The van der Waals surface area contributed by atoms with Gasteiger partial charge in [-0.2, -0.15) is 0 Å². The van der Waals surface area contributed by atoms with Crippen LogP contribution in [0.4, 0.5) is 22.7 Å². The van der Waals surface area contributed by atoms with Gasteiger partial charge < -0.3 is 14.1 Å². The number of nitro groups is 1. The molecule has 9 nitrogen and oxygen atoms in total. The molecule has 5 rings (SSSR count). The number of likely N-dealkylation sites (N-methyl/N-ethyl adjacent to an activating group) is 1. The monoisotopic (exact) mass is 473 g/mol. The Hall–Kier alpha value is -2.75. The molecule has 0 saturated carbocycles. The molecule has 0 aromatic heterocycles. The fourth-order valence-corrected chi connectivity index (χ4v) is 4.82. The fourth-order valence-electron chi connectivity index (χ4n) is 4.61. The van der Waals surface area contributed by atoms with Gasteiger partial charge in [0, 0.05) is 31.9 Å². The molecule has 33 heavy (non-hydrogen) atoms. The first kappa shape index (κ1) is 23.4. The third-order valence-electron chi connectivity index (χ3n) is 6.84. The Morgan fingerprint density at radius 3 is 2.39 bits per heavy atom. The number of ether oxygens (including phenoxy) is 1. The van der Waals surface area contributed by atoms with Crippen molar-refractivity contribution in [3.63, 3.8) is 0 Å². The maximum atomic E-state index is 11.4. The second-order valence-electron chi connectivity index (χ2n) is 8.60. The van der Waals surface area contributed by atoms with E-state index in [9.17, 15) is 10.1 Å². The molecule has 2 aromatic carbocycles. The highest BCUT2D eigenvalue weighted by atomic mass is 35.5. The summed E-state index contributed by atoms with van der Waals surface area (Å²) in [6, 6.07) is 10.1. The van der Waals surface area contributed by atoms with Crippen LogP contribution in [0.25, 0.3) is 0 Å². The van der Waals surface area contributed by atoms with Crippen molar-refractivity contribution in [2.24, 2.45) is 10.2 Å². The topological polar surface area (TPSA) is 83.6 Å². The number of nitro benzene ring substituents is 1. The van der Waals surface area contributed by atoms with E-state index < -0.39 is 4.92 Å². The Bertz CT molecular complexity index is 1030. The summed E-state index contributed by atoms with van der Waals surface area (Å²) in [7, 11) is 1.46. The van der Waals surface area contributed by atoms with E-state index >= 15 is 0 Å². The number of anilines is 1. The van der Waals surface area contributed by atoms with E-state index in [-0.39, 0.29) is 11.4 Å². The van der Waals surface area contributed by atoms with Gasteiger partial charge in [0.25, 0.3) is 5.69 Å². The second kappa shape index (κ2) is 10.0. The van der Waals surface area contributed by atoms with Gasteiger partial charge in [-0.05, 0) is 37.3 Å². The first-order valence-corrected chi connectivity index (χ1v) is 11.7. The molecule has 3 fully saturated rings. The van der Waals surface area contributed by atoms with E-state index in [4.69, 9.17) is 16.3 Å². The standard InChI is InChI=1S/C23H30ClN6O3/c1-3-28(11-15-30-12-8-27(9-13-30)10-14-30)18-4-6-21(20(24)16-18)25-26-22-7-5-19(33-2)17-23(22)29(31)32/h4-7,16-17H,3,8-15H2,1-2H3/q+1. The van der Waals surface area contributed by atoms with Gasteiger partial charge in [-0.25, -0.2) is 0 Å². The molecule has 0 amide bonds. The molecule has 0 atom stereocenters. The van der Waals surface area contributed by atoms with Crippen LogP contribution in [0.3, 0.4) is 0 Å². The smallest absolute Gasteiger partial charge is 0.300 e. The summed E-state index contributed by atoms with van der Waals surface area (Å²) in [6.45, 7) is 12.5. The molecule has 2 aromatic rings. The molecule has 0 radical (unpaired) electrons. The van der Waals surface area contributed by atoms with Crippen LogP contribution in [0.2, 0.25) is 5.02 Å². The summed E-state index contributed by atoms with van der Waals surface area (Å²) in [5.41, 5.74) is 1.49. The lowest BCUT2D eigenvalue weighted by Gasteiger charge is -2.51. The van der Waals surface area contributed by atoms with Crippen molar-refractivity contribution in [2.45, 2.75) is 6.92 Å². The van der Waals surface area contributed by atoms with Crippen LogP contribution in [0.5, 0.6) is 5.75 Å². The highest BCUT2D eigenvalue weighted by Crippen LogP contribution is 2.35. The van der Waals surface area contributed by atoms with Crippen LogP contribution in [-0.4, -0.2) is 80.3 Å². The fraction of sp³-hybridized carbons (Fsp3) is 0.478. The predicted octanol–water partition coefficient (Wildman–Crippen LogP) is 4.64. The van der Waals surface area contributed by atoms with Crippen LogP contribution in [-0.2, 0) is 0 Å². The van der Waals surface area contributed by atoms with Crippen molar-refractivity contribution in [3.05, 3.63) is 51.5 Å². The van der Waals surface area contributed by atoms with Crippen LogP contribution < -0.4 is 9.64 Å². The molecule has 176 valence electrons. The number of nitrogens with zero attached hydrogens (tertiary/aromatic N) is 6. The average Bonchev–Trinajstić information content (AvgIpc) is 2.85. The molecule has 0 spiro atoms.